The smallest absolute Gasteiger partial charge is 0.0479 e. The highest BCUT2D eigenvalue weighted by Crippen LogP contribution is 2.39. The fraction of sp³-hybridized carbons (Fsp3) is 0.0833. The minimum absolute atomic E-state index is 1.11. The Morgan fingerprint density at radius 2 is 0.558 bits per heavy atom. The zero-order chi connectivity index (χ0) is 35.6. The van der Waals surface area contributed by atoms with Gasteiger partial charge < -0.3 is 18.9 Å². The molecule has 0 aliphatic heterocycles. The quantitative estimate of drug-likeness (QED) is 0.151. The minimum Gasteiger partial charge on any atom is -0.348 e. The molecule has 0 N–H and O–H groups in total. The molecule has 0 saturated carbocycles. The van der Waals surface area contributed by atoms with Crippen LogP contribution < -0.4 is 9.80 Å². The monoisotopic (exact) mass is 674 g/mol. The van der Waals surface area contributed by atoms with Crippen molar-refractivity contribution in [2.45, 2.75) is 13.8 Å². The van der Waals surface area contributed by atoms with E-state index in [4.69, 9.17) is 0 Å². The molecular weight excluding hydrogens is 633 g/mol. The molecule has 8 aromatic rings. The van der Waals surface area contributed by atoms with Gasteiger partial charge in [0.1, 0.15) is 0 Å². The first kappa shape index (κ1) is 32.7. The van der Waals surface area contributed by atoms with Crippen molar-refractivity contribution in [3.8, 4) is 33.6 Å². The summed E-state index contributed by atoms with van der Waals surface area (Å²) in [5, 5.41) is 0. The van der Waals surface area contributed by atoms with Crippen LogP contribution in [0.3, 0.4) is 0 Å². The lowest BCUT2D eigenvalue weighted by Gasteiger charge is -2.26. The first-order valence-corrected chi connectivity index (χ1v) is 17.8. The van der Waals surface area contributed by atoms with Gasteiger partial charge in [-0.3, -0.25) is 0 Å². The Morgan fingerprint density at radius 1 is 0.288 bits per heavy atom. The van der Waals surface area contributed by atoms with Crippen LogP contribution in [-0.2, 0) is 14.1 Å². The van der Waals surface area contributed by atoms with Gasteiger partial charge in [-0.1, -0.05) is 84.9 Å². The van der Waals surface area contributed by atoms with Gasteiger partial charge in [-0.15, -0.1) is 0 Å². The molecule has 0 saturated heterocycles. The number of anilines is 6. The molecule has 8 rings (SSSR count). The van der Waals surface area contributed by atoms with E-state index in [1.807, 2.05) is 0 Å². The number of nitrogens with zero attached hydrogens (tertiary/aromatic N) is 4. The van der Waals surface area contributed by atoms with E-state index in [0.29, 0.717) is 0 Å². The first-order chi connectivity index (χ1) is 25.4. The maximum absolute atomic E-state index is 2.31. The third-order valence-electron chi connectivity index (χ3n) is 10.2. The Hall–Kier alpha value is -6.52. The first-order valence-electron chi connectivity index (χ1n) is 17.8. The lowest BCUT2D eigenvalue weighted by atomic mass is 10.0. The van der Waals surface area contributed by atoms with Crippen LogP contribution in [0.2, 0.25) is 0 Å². The number of rotatable bonds is 9. The van der Waals surface area contributed by atoms with E-state index in [1.54, 1.807) is 0 Å². The fourth-order valence-electron chi connectivity index (χ4n) is 7.02. The van der Waals surface area contributed by atoms with Crippen molar-refractivity contribution in [2.24, 2.45) is 14.1 Å². The summed E-state index contributed by atoms with van der Waals surface area (Å²) >= 11 is 0. The number of benzene rings is 6. The summed E-state index contributed by atoms with van der Waals surface area (Å²) in [6.45, 7) is 4.28. The van der Waals surface area contributed by atoms with Crippen molar-refractivity contribution in [3.05, 3.63) is 193 Å². The van der Waals surface area contributed by atoms with Crippen LogP contribution in [0.15, 0.2) is 182 Å². The van der Waals surface area contributed by atoms with E-state index in [2.05, 4.69) is 229 Å². The topological polar surface area (TPSA) is 16.3 Å². The van der Waals surface area contributed by atoms with Gasteiger partial charge in [-0.25, -0.2) is 0 Å². The van der Waals surface area contributed by atoms with E-state index >= 15 is 0 Å². The van der Waals surface area contributed by atoms with Crippen LogP contribution >= 0.6 is 0 Å². The summed E-state index contributed by atoms with van der Waals surface area (Å²) in [6.07, 6.45) is 0. The van der Waals surface area contributed by atoms with Crippen LogP contribution in [0, 0.1) is 13.8 Å². The van der Waals surface area contributed by atoms with Crippen LogP contribution in [0.4, 0.5) is 34.1 Å². The van der Waals surface area contributed by atoms with E-state index in [9.17, 15) is 0 Å². The van der Waals surface area contributed by atoms with E-state index in [-0.39, 0.29) is 0 Å². The number of para-hydroxylation sites is 2. The van der Waals surface area contributed by atoms with Gasteiger partial charge in [0, 0.05) is 71.0 Å². The number of hydrogen-bond acceptors (Lipinski definition) is 2. The fourth-order valence-corrected chi connectivity index (χ4v) is 7.02. The minimum atomic E-state index is 1.11. The van der Waals surface area contributed by atoms with Crippen molar-refractivity contribution in [1.82, 2.24) is 9.13 Å². The van der Waals surface area contributed by atoms with Crippen LogP contribution in [0.25, 0.3) is 33.6 Å². The predicted octanol–water partition coefficient (Wildman–Crippen LogP) is 12.9. The SMILES string of the molecule is Cc1ccc(-c2ccc(N(c3ccccc3)c3ccc(-c4ccc(N(c5ccccc5)c5ccc(-c6ccc(C)n6C)cc5)cc4)cc3)cc2)n1C. The van der Waals surface area contributed by atoms with Crippen LogP contribution in [-0.4, -0.2) is 9.13 Å². The maximum Gasteiger partial charge on any atom is 0.0479 e. The Balaban J connectivity index is 1.08. The summed E-state index contributed by atoms with van der Waals surface area (Å²) in [6, 6.07) is 65.3. The summed E-state index contributed by atoms with van der Waals surface area (Å²) in [5.74, 6) is 0. The van der Waals surface area contributed by atoms with Crippen molar-refractivity contribution in [3.63, 3.8) is 0 Å². The van der Waals surface area contributed by atoms with Crippen molar-refractivity contribution >= 4 is 34.1 Å². The standard InChI is InChI=1S/C48H42N4/c1-35-15-33-47(49(35)3)39-21-29-45(30-22-39)51(41-11-7-5-8-12-41)43-25-17-37(18-26-43)38-19-27-44(28-20-38)52(42-13-9-6-10-14-42)46-31-23-40(24-32-46)48-34-16-36(2)50(48)4/h5-34H,1-4H3. The normalized spacial score (nSPS) is 11.1. The molecule has 2 aromatic heterocycles. The molecule has 0 radical (unpaired) electrons. The lowest BCUT2D eigenvalue weighted by molar-refractivity contribution is 0.891. The van der Waals surface area contributed by atoms with Gasteiger partial charge in [0.25, 0.3) is 0 Å². The largest absolute Gasteiger partial charge is 0.348 e. The zero-order valence-electron chi connectivity index (χ0n) is 30.1. The Labute approximate surface area is 307 Å². The molecule has 0 aliphatic carbocycles. The molecule has 0 fully saturated rings. The molecule has 0 atom stereocenters. The lowest BCUT2D eigenvalue weighted by Crippen LogP contribution is -2.10. The van der Waals surface area contributed by atoms with Crippen LogP contribution in [0.1, 0.15) is 11.4 Å². The molecule has 0 aliphatic rings. The number of hydrogen-bond donors (Lipinski definition) is 0. The van der Waals surface area contributed by atoms with Gasteiger partial charge in [-0.05, 0) is 133 Å². The third kappa shape index (κ3) is 6.31. The highest BCUT2D eigenvalue weighted by atomic mass is 15.1. The van der Waals surface area contributed by atoms with Crippen molar-refractivity contribution in [2.75, 3.05) is 9.80 Å². The predicted molar refractivity (Wildman–Crippen MR) is 220 cm³/mol. The molecule has 52 heavy (non-hydrogen) atoms. The molecule has 254 valence electrons. The van der Waals surface area contributed by atoms with Gasteiger partial charge in [0.2, 0.25) is 0 Å². The Kier molecular flexibility index (Phi) is 8.80. The highest BCUT2D eigenvalue weighted by molar-refractivity contribution is 5.82. The Morgan fingerprint density at radius 3 is 0.827 bits per heavy atom. The molecule has 0 spiro atoms. The van der Waals surface area contributed by atoms with Gasteiger partial charge in [0.15, 0.2) is 0 Å². The Bertz CT molecular complexity index is 2230. The summed E-state index contributed by atoms with van der Waals surface area (Å²) < 4.78 is 4.47. The third-order valence-corrected chi connectivity index (χ3v) is 10.2. The molecule has 0 bridgehead atoms. The van der Waals surface area contributed by atoms with Crippen molar-refractivity contribution < 1.29 is 0 Å². The molecular formula is C48H42N4. The molecule has 0 unspecified atom stereocenters. The second-order valence-corrected chi connectivity index (χ2v) is 13.4. The zero-order valence-corrected chi connectivity index (χ0v) is 30.1. The van der Waals surface area contributed by atoms with E-state index < -0.39 is 0 Å². The molecule has 0 amide bonds. The molecule has 2 heterocycles. The van der Waals surface area contributed by atoms with E-state index in [1.165, 1.54) is 45.0 Å². The molecule has 4 nitrogen and oxygen atoms in total. The maximum atomic E-state index is 2.31. The molecule has 6 aromatic carbocycles. The van der Waals surface area contributed by atoms with Gasteiger partial charge in [0.05, 0.1) is 0 Å². The van der Waals surface area contributed by atoms with Gasteiger partial charge >= 0.3 is 0 Å². The van der Waals surface area contributed by atoms with Crippen LogP contribution in [0.5, 0.6) is 0 Å². The summed E-state index contributed by atoms with van der Waals surface area (Å²) in [5.41, 5.74) is 16.4. The number of aromatic nitrogens is 2. The van der Waals surface area contributed by atoms with E-state index in [0.717, 1.165) is 34.1 Å². The summed E-state index contributed by atoms with van der Waals surface area (Å²) in [7, 11) is 4.24. The summed E-state index contributed by atoms with van der Waals surface area (Å²) in [4.78, 5) is 4.63. The molecule has 4 heteroatoms. The van der Waals surface area contributed by atoms with Gasteiger partial charge in [-0.2, -0.15) is 0 Å². The average Bonchev–Trinajstić information content (AvgIpc) is 3.72. The van der Waals surface area contributed by atoms with Crippen molar-refractivity contribution in [1.29, 1.82) is 0 Å². The number of aryl methyl sites for hydroxylation is 2. The average molecular weight is 675 g/mol. The second-order valence-electron chi connectivity index (χ2n) is 13.4. The second kappa shape index (κ2) is 14.0. The highest BCUT2D eigenvalue weighted by Gasteiger charge is 2.16.